The molecule has 0 unspecified atom stereocenters. The van der Waals surface area contributed by atoms with Crippen molar-refractivity contribution in [2.45, 2.75) is 0 Å². The Morgan fingerprint density at radius 3 is 1.71 bits per heavy atom. The first kappa shape index (κ1) is 7.31. The maximum atomic E-state index is 8.89. The summed E-state index contributed by atoms with van der Waals surface area (Å²) in [6.45, 7) is 0. The van der Waals surface area contributed by atoms with Crippen molar-refractivity contribution in [2.24, 2.45) is 0 Å². The van der Waals surface area contributed by atoms with Gasteiger partial charge in [0.25, 0.3) is 0 Å². The Hall–Kier alpha value is 0.314. The van der Waals surface area contributed by atoms with E-state index in [9.17, 15) is 0 Å². The van der Waals surface area contributed by atoms with E-state index in [2.05, 4.69) is 8.85 Å². The molecule has 0 aromatic carbocycles. The van der Waals surface area contributed by atoms with Crippen LogP contribution in [-0.2, 0) is 8.85 Å². The van der Waals surface area contributed by atoms with Gasteiger partial charge in [-0.2, -0.15) is 0 Å². The first-order valence-electron chi connectivity index (χ1n) is 1.95. The lowest BCUT2D eigenvalue weighted by Crippen LogP contribution is -2.41. The predicted octanol–water partition coefficient (Wildman–Crippen LogP) is -1.93. The zero-order valence-corrected chi connectivity index (χ0v) is 7.76. The minimum absolute atomic E-state index is 0.600. The van der Waals surface area contributed by atoms with Crippen LogP contribution in [0, 0.1) is 0 Å². The van der Waals surface area contributed by atoms with E-state index in [1.807, 2.05) is 0 Å². The predicted molar refractivity (Wildman–Crippen MR) is 31.9 cm³/mol. The van der Waals surface area contributed by atoms with Crippen molar-refractivity contribution < 1.29 is 13.6 Å². The van der Waals surface area contributed by atoms with E-state index in [4.69, 9.17) is 4.80 Å². The van der Waals surface area contributed by atoms with Gasteiger partial charge in [0.1, 0.15) is 9.76 Å². The van der Waals surface area contributed by atoms with E-state index >= 15 is 0 Å². The minimum atomic E-state index is -2.51. The zero-order valence-electron chi connectivity index (χ0n) is 4.76. The van der Waals surface area contributed by atoms with Gasteiger partial charge in [0, 0.05) is 14.2 Å². The van der Waals surface area contributed by atoms with Gasteiger partial charge in [0.2, 0.25) is 0 Å². The van der Waals surface area contributed by atoms with Crippen molar-refractivity contribution in [3.8, 4) is 0 Å². The Morgan fingerprint density at radius 1 is 1.43 bits per heavy atom. The molecule has 0 radical (unpaired) electrons. The van der Waals surface area contributed by atoms with Gasteiger partial charge in [-0.3, -0.25) is 0 Å². The van der Waals surface area contributed by atoms with E-state index in [-0.39, 0.29) is 0 Å². The molecule has 0 aliphatic carbocycles. The fourth-order valence-corrected chi connectivity index (χ4v) is 0.250. The van der Waals surface area contributed by atoms with Crippen LogP contribution in [0.5, 0.6) is 0 Å². The molecule has 0 rings (SSSR count). The van der Waals surface area contributed by atoms with Gasteiger partial charge in [-0.1, -0.05) is 0 Å². The molecular formula is C2H10O3Si2. The standard InChI is InChI=1S/C2H10O3Si2/c1-4-7(3,6)5-2/h3H,1-2,6H3. The monoisotopic (exact) mass is 138 g/mol. The molecule has 1 N–H and O–H groups in total. The summed E-state index contributed by atoms with van der Waals surface area (Å²) >= 11 is 0. The van der Waals surface area contributed by atoms with Gasteiger partial charge >= 0.3 is 8.32 Å². The van der Waals surface area contributed by atoms with Crippen LogP contribution in [0.3, 0.4) is 0 Å². The van der Waals surface area contributed by atoms with E-state index in [1.54, 1.807) is 0 Å². The van der Waals surface area contributed by atoms with Gasteiger partial charge in [-0.05, 0) is 0 Å². The van der Waals surface area contributed by atoms with Gasteiger partial charge < -0.3 is 13.6 Å². The highest BCUT2D eigenvalue weighted by atomic mass is 29.2. The molecule has 0 bridgehead atoms. The van der Waals surface area contributed by atoms with Crippen LogP contribution in [0.2, 0.25) is 0 Å². The van der Waals surface area contributed by atoms with Crippen LogP contribution in [-0.4, -0.2) is 37.1 Å². The average Bonchev–Trinajstić information content (AvgIpc) is 1.68. The summed E-state index contributed by atoms with van der Waals surface area (Å²) in [5.41, 5.74) is 0. The molecule has 0 spiro atoms. The largest absolute Gasteiger partial charge is 0.454 e. The molecule has 0 saturated heterocycles. The smallest absolute Gasteiger partial charge is 0.393 e. The zero-order chi connectivity index (χ0) is 5.91. The number of hydrogen-bond donors (Lipinski definition) is 1. The Morgan fingerprint density at radius 2 is 1.71 bits per heavy atom. The molecule has 0 heterocycles. The average molecular weight is 138 g/mol. The van der Waals surface area contributed by atoms with Crippen LogP contribution >= 0.6 is 0 Å². The lowest BCUT2D eigenvalue weighted by molar-refractivity contribution is 0.179. The van der Waals surface area contributed by atoms with Crippen molar-refractivity contribution in [1.82, 2.24) is 0 Å². The molecule has 0 amide bonds. The Balaban J connectivity index is 3.36. The third-order valence-electron chi connectivity index (χ3n) is 0.757. The van der Waals surface area contributed by atoms with Crippen LogP contribution in [0.1, 0.15) is 0 Å². The summed E-state index contributed by atoms with van der Waals surface area (Å²) in [5.74, 6) is 0. The van der Waals surface area contributed by atoms with Crippen molar-refractivity contribution in [2.75, 3.05) is 14.2 Å². The van der Waals surface area contributed by atoms with Gasteiger partial charge in [-0.25, -0.2) is 0 Å². The Bertz CT molecular complexity index is 48.9. The second kappa shape index (κ2) is 2.58. The topological polar surface area (TPSA) is 38.7 Å². The fraction of sp³-hybridized carbons (Fsp3) is 1.00. The Kier molecular flexibility index (Phi) is 2.69. The molecular weight excluding hydrogens is 128 g/mol. The summed E-state index contributed by atoms with van der Waals surface area (Å²) in [6.07, 6.45) is 0. The van der Waals surface area contributed by atoms with E-state index in [0.29, 0.717) is 9.76 Å². The number of rotatable bonds is 2. The first-order chi connectivity index (χ1) is 3.12. The van der Waals surface area contributed by atoms with Gasteiger partial charge in [-0.15, -0.1) is 0 Å². The minimum Gasteiger partial charge on any atom is -0.393 e. The summed E-state index contributed by atoms with van der Waals surface area (Å²) in [4.78, 5) is 8.89. The third kappa shape index (κ3) is 2.95. The van der Waals surface area contributed by atoms with Crippen LogP contribution in [0.15, 0.2) is 0 Å². The summed E-state index contributed by atoms with van der Waals surface area (Å²) in [6, 6.07) is 0. The summed E-state index contributed by atoms with van der Waals surface area (Å²) in [5, 5.41) is 0. The van der Waals surface area contributed by atoms with E-state index in [0.717, 1.165) is 0 Å². The van der Waals surface area contributed by atoms with Crippen molar-refractivity contribution in [1.29, 1.82) is 0 Å². The van der Waals surface area contributed by atoms with Gasteiger partial charge in [0.05, 0.1) is 0 Å². The molecule has 0 saturated carbocycles. The molecule has 0 atom stereocenters. The second-order valence-electron chi connectivity index (χ2n) is 1.31. The molecule has 44 valence electrons. The lowest BCUT2D eigenvalue weighted by atomic mass is 11.8. The molecule has 0 fully saturated rings. The first-order valence-corrected chi connectivity index (χ1v) is 7.21. The van der Waals surface area contributed by atoms with Crippen molar-refractivity contribution in [3.05, 3.63) is 0 Å². The third-order valence-corrected chi connectivity index (χ3v) is 4.72. The Labute approximate surface area is 46.8 Å². The van der Waals surface area contributed by atoms with Crippen LogP contribution in [0.4, 0.5) is 0 Å². The molecule has 0 aromatic heterocycles. The maximum absolute atomic E-state index is 8.89. The van der Waals surface area contributed by atoms with Gasteiger partial charge in [0.15, 0.2) is 0 Å². The SMILES string of the molecule is CO[Si](O)([SiH3])OC. The molecule has 0 aliphatic rings. The summed E-state index contributed by atoms with van der Waals surface area (Å²) in [7, 11) is 1.01. The second-order valence-corrected chi connectivity index (χ2v) is 7.71. The van der Waals surface area contributed by atoms with Crippen LogP contribution in [0.25, 0.3) is 0 Å². The van der Waals surface area contributed by atoms with E-state index < -0.39 is 8.32 Å². The molecule has 0 aromatic rings. The quantitative estimate of drug-likeness (QED) is 0.452. The van der Waals surface area contributed by atoms with Crippen molar-refractivity contribution >= 4 is 18.1 Å². The van der Waals surface area contributed by atoms with Crippen molar-refractivity contribution in [3.63, 3.8) is 0 Å². The normalized spacial score (nSPS) is 12.4. The lowest BCUT2D eigenvalue weighted by Gasteiger charge is -2.13. The maximum Gasteiger partial charge on any atom is 0.454 e. The molecule has 0 aliphatic heterocycles. The molecule has 5 heteroatoms. The molecule has 3 nitrogen and oxygen atoms in total. The highest BCUT2D eigenvalue weighted by Crippen LogP contribution is 1.88. The van der Waals surface area contributed by atoms with Crippen LogP contribution < -0.4 is 0 Å². The summed E-state index contributed by atoms with van der Waals surface area (Å²) < 4.78 is 9.24. The highest BCUT2D eigenvalue weighted by Gasteiger charge is 2.23. The fourth-order valence-electron chi connectivity index (χ4n) is 0.0833. The number of hydrogen-bond acceptors (Lipinski definition) is 3. The van der Waals surface area contributed by atoms with E-state index in [1.165, 1.54) is 14.2 Å². The highest BCUT2D eigenvalue weighted by molar-refractivity contribution is 7.04. The molecule has 7 heavy (non-hydrogen) atoms.